The van der Waals surface area contributed by atoms with E-state index in [9.17, 15) is 52.7 Å². The van der Waals surface area contributed by atoms with Gasteiger partial charge < -0.3 is 9.47 Å². The van der Waals surface area contributed by atoms with Gasteiger partial charge in [-0.3, -0.25) is 0 Å². The van der Waals surface area contributed by atoms with Crippen molar-refractivity contribution in [2.45, 2.75) is 95.2 Å². The molecule has 0 radical (unpaired) electrons. The van der Waals surface area contributed by atoms with Crippen LogP contribution in [0, 0.1) is 5.92 Å². The molecule has 0 spiro atoms. The van der Waals surface area contributed by atoms with E-state index in [4.69, 9.17) is 4.74 Å². The Morgan fingerprint density at radius 1 is 0.615 bits per heavy atom. The number of aliphatic imine (C=N–C) groups is 2. The van der Waals surface area contributed by atoms with Crippen LogP contribution < -0.4 is 0 Å². The van der Waals surface area contributed by atoms with Gasteiger partial charge in [0.25, 0.3) is 0 Å². The molecule has 2 heterocycles. The summed E-state index contributed by atoms with van der Waals surface area (Å²) in [7, 11) is 0. The van der Waals surface area contributed by atoms with Gasteiger partial charge in [0.15, 0.2) is 5.90 Å². The van der Waals surface area contributed by atoms with Gasteiger partial charge in [-0.05, 0) is 77.8 Å². The summed E-state index contributed by atoms with van der Waals surface area (Å²) in [5.74, 6) is -2.70. The Labute approximate surface area is 290 Å². The second-order valence-electron chi connectivity index (χ2n) is 13.4. The molecule has 0 amide bonds. The zero-order valence-electron chi connectivity index (χ0n) is 28.2. The summed E-state index contributed by atoms with van der Waals surface area (Å²) >= 11 is 0. The Hall–Kier alpha value is -4.24. The lowest BCUT2D eigenvalue weighted by atomic mass is 9.82. The van der Waals surface area contributed by atoms with E-state index in [1.165, 1.54) is 26.0 Å². The zero-order valence-corrected chi connectivity index (χ0v) is 28.2. The van der Waals surface area contributed by atoms with Gasteiger partial charge in [0.2, 0.25) is 5.90 Å². The first-order valence-electron chi connectivity index (χ1n) is 16.0. The Morgan fingerprint density at radius 3 is 1.48 bits per heavy atom. The lowest BCUT2D eigenvalue weighted by Crippen LogP contribution is -2.58. The number of benzene rings is 3. The van der Waals surface area contributed by atoms with Gasteiger partial charge in [-0.25, -0.2) is 9.98 Å². The first-order chi connectivity index (χ1) is 23.8. The molecular formula is C36H32F12N2O2. The molecule has 1 unspecified atom stereocenters. The maximum Gasteiger partial charge on any atom is 0.442 e. The SMILES string of the molecule is CCC(C)C1=Nc2ccc(Cc3ccc4c(c3)C(C(F)(F)F)(C(F)(F)F)OC(c3ccc(C(C)(C)CC)cc3)=N4)cc2C(C(F)(F)F)(C(F)(F)F)O1. The second kappa shape index (κ2) is 12.7. The van der Waals surface area contributed by atoms with Gasteiger partial charge in [0.1, 0.15) is 0 Å². The molecule has 1 atom stereocenters. The van der Waals surface area contributed by atoms with Crippen LogP contribution >= 0.6 is 0 Å². The van der Waals surface area contributed by atoms with Crippen LogP contribution in [-0.2, 0) is 32.5 Å². The Kier molecular flexibility index (Phi) is 9.53. The molecule has 282 valence electrons. The molecule has 3 aromatic carbocycles. The molecule has 0 aliphatic carbocycles. The Balaban J connectivity index is 1.65. The molecule has 0 bridgehead atoms. The van der Waals surface area contributed by atoms with Gasteiger partial charge in [0, 0.05) is 22.6 Å². The standard InChI is InChI=1S/C36H32F12N2O2/c1-6-19(3)28-49-26-14-8-20(17-24(26)31(51-28,33(37,38)39)34(40,41)42)16-21-9-15-27-25(18-21)32(35(43,44)45,36(46,47)48)52-29(50-27)22-10-12-23(13-11-22)30(4,5)7-2/h8-15,17-19H,6-7,16H2,1-5H3. The van der Waals surface area contributed by atoms with Crippen LogP contribution in [-0.4, -0.2) is 36.5 Å². The van der Waals surface area contributed by atoms with E-state index in [1.807, 2.05) is 20.8 Å². The number of alkyl halides is 12. The van der Waals surface area contributed by atoms with Gasteiger partial charge in [0.05, 0.1) is 11.4 Å². The molecule has 3 aromatic rings. The average molecular weight is 753 g/mol. The van der Waals surface area contributed by atoms with Crippen molar-refractivity contribution < 1.29 is 62.2 Å². The van der Waals surface area contributed by atoms with Crippen molar-refractivity contribution in [2.24, 2.45) is 15.9 Å². The Morgan fingerprint density at radius 2 is 1.06 bits per heavy atom. The first kappa shape index (κ1) is 39.0. The molecule has 0 fully saturated rings. The van der Waals surface area contributed by atoms with Crippen molar-refractivity contribution in [1.82, 2.24) is 0 Å². The van der Waals surface area contributed by atoms with Crippen molar-refractivity contribution in [3.63, 3.8) is 0 Å². The number of rotatable bonds is 7. The highest BCUT2D eigenvalue weighted by Crippen LogP contribution is 2.59. The quantitative estimate of drug-likeness (QED) is 0.226. The van der Waals surface area contributed by atoms with E-state index in [0.29, 0.717) is 18.6 Å². The van der Waals surface area contributed by atoms with E-state index in [1.54, 1.807) is 12.1 Å². The number of fused-ring (bicyclic) bond motifs is 2. The van der Waals surface area contributed by atoms with Crippen LogP contribution in [0.5, 0.6) is 0 Å². The van der Waals surface area contributed by atoms with Crippen molar-refractivity contribution in [3.05, 3.63) is 94.0 Å². The van der Waals surface area contributed by atoms with Crippen LogP contribution in [0.4, 0.5) is 64.1 Å². The van der Waals surface area contributed by atoms with Crippen LogP contribution in [0.1, 0.15) is 80.8 Å². The summed E-state index contributed by atoms with van der Waals surface area (Å²) in [5.41, 5.74) is -14.5. The number of halogens is 12. The number of hydrogen-bond acceptors (Lipinski definition) is 4. The van der Waals surface area contributed by atoms with Crippen LogP contribution in [0.15, 0.2) is 70.6 Å². The van der Waals surface area contributed by atoms with E-state index >= 15 is 0 Å². The van der Waals surface area contributed by atoms with E-state index < -0.39 is 82.5 Å². The van der Waals surface area contributed by atoms with Crippen molar-refractivity contribution >= 4 is 23.2 Å². The normalized spacial score (nSPS) is 17.9. The summed E-state index contributed by atoms with van der Waals surface area (Å²) in [5, 5.41) is 0. The summed E-state index contributed by atoms with van der Waals surface area (Å²) in [4.78, 5) is 7.85. The maximum atomic E-state index is 14.8. The van der Waals surface area contributed by atoms with E-state index in [-0.39, 0.29) is 28.5 Å². The van der Waals surface area contributed by atoms with Crippen molar-refractivity contribution in [2.75, 3.05) is 0 Å². The number of ether oxygens (including phenoxy) is 2. The molecule has 16 heteroatoms. The van der Waals surface area contributed by atoms with Crippen LogP contribution in [0.25, 0.3) is 0 Å². The van der Waals surface area contributed by atoms with Gasteiger partial charge >= 0.3 is 35.9 Å². The van der Waals surface area contributed by atoms with Crippen molar-refractivity contribution in [3.8, 4) is 0 Å². The summed E-state index contributed by atoms with van der Waals surface area (Å²) in [6.07, 6.45) is -24.3. The van der Waals surface area contributed by atoms with Crippen molar-refractivity contribution in [1.29, 1.82) is 0 Å². The van der Waals surface area contributed by atoms with Gasteiger partial charge in [-0.2, -0.15) is 52.7 Å². The largest absolute Gasteiger partial charge is 0.450 e. The molecule has 0 aromatic heterocycles. The Bertz CT molecular complexity index is 1860. The van der Waals surface area contributed by atoms with Gasteiger partial charge in [-0.15, -0.1) is 0 Å². The molecule has 4 nitrogen and oxygen atoms in total. The zero-order chi connectivity index (χ0) is 38.9. The molecule has 2 aliphatic rings. The van der Waals surface area contributed by atoms with E-state index in [0.717, 1.165) is 29.8 Å². The molecule has 5 rings (SSSR count). The lowest BCUT2D eigenvalue weighted by molar-refractivity contribution is -0.371. The third kappa shape index (κ3) is 6.29. The fourth-order valence-electron chi connectivity index (χ4n) is 6.01. The molecule has 0 saturated heterocycles. The average Bonchev–Trinajstić information content (AvgIpc) is 3.04. The number of nitrogens with zero attached hydrogens (tertiary/aromatic N) is 2. The predicted octanol–water partition coefficient (Wildman–Crippen LogP) is 11.8. The second-order valence-corrected chi connectivity index (χ2v) is 13.4. The first-order valence-corrected chi connectivity index (χ1v) is 16.0. The predicted molar refractivity (Wildman–Crippen MR) is 168 cm³/mol. The number of hydrogen-bond donors (Lipinski definition) is 0. The lowest BCUT2D eigenvalue weighted by Gasteiger charge is -2.41. The molecule has 0 N–H and O–H groups in total. The maximum absolute atomic E-state index is 14.8. The topological polar surface area (TPSA) is 43.2 Å². The highest BCUT2D eigenvalue weighted by molar-refractivity contribution is 5.98. The molecular weight excluding hydrogens is 720 g/mol. The minimum absolute atomic E-state index is 0.0898. The van der Waals surface area contributed by atoms with Crippen LogP contribution in [0.3, 0.4) is 0 Å². The third-order valence-electron chi connectivity index (χ3n) is 9.68. The third-order valence-corrected chi connectivity index (χ3v) is 9.68. The summed E-state index contributed by atoms with van der Waals surface area (Å²) in [6, 6.07) is 10.5. The monoisotopic (exact) mass is 752 g/mol. The smallest absolute Gasteiger partial charge is 0.442 e. The van der Waals surface area contributed by atoms with Crippen LogP contribution in [0.2, 0.25) is 0 Å². The molecule has 52 heavy (non-hydrogen) atoms. The highest BCUT2D eigenvalue weighted by Gasteiger charge is 2.77. The highest BCUT2D eigenvalue weighted by atomic mass is 19.4. The molecule has 0 saturated carbocycles. The summed E-state index contributed by atoms with van der Waals surface area (Å²) in [6.45, 7) is 8.55. The fraction of sp³-hybridized carbons (Fsp3) is 0.444. The minimum Gasteiger partial charge on any atom is -0.450 e. The summed E-state index contributed by atoms with van der Waals surface area (Å²) < 4.78 is 185. The molecule has 2 aliphatic heterocycles. The van der Waals surface area contributed by atoms with E-state index in [2.05, 4.69) is 14.7 Å². The van der Waals surface area contributed by atoms with Gasteiger partial charge in [-0.1, -0.05) is 58.9 Å². The fourth-order valence-corrected chi connectivity index (χ4v) is 6.01. The minimum atomic E-state index is -6.11.